The Morgan fingerprint density at radius 3 is 2.57 bits per heavy atom. The number of hydrogen-bond acceptors (Lipinski definition) is 5. The molecule has 3 rings (SSSR count). The molecular formula is C17H31N5O. The molecule has 2 fully saturated rings. The van der Waals surface area contributed by atoms with Crippen LogP contribution < -0.4 is 0 Å². The van der Waals surface area contributed by atoms with Crippen LogP contribution in [0.3, 0.4) is 0 Å². The zero-order valence-corrected chi connectivity index (χ0v) is 14.8. The summed E-state index contributed by atoms with van der Waals surface area (Å²) in [6, 6.07) is 0.602. The third-order valence-corrected chi connectivity index (χ3v) is 5.47. The first-order chi connectivity index (χ1) is 11.0. The van der Waals surface area contributed by atoms with Gasteiger partial charge in [0.1, 0.15) is 11.6 Å². The molecule has 2 aliphatic heterocycles. The van der Waals surface area contributed by atoms with Gasteiger partial charge >= 0.3 is 0 Å². The highest BCUT2D eigenvalue weighted by atomic mass is 16.3. The maximum absolute atomic E-state index is 9.63. The van der Waals surface area contributed by atoms with E-state index in [2.05, 4.69) is 45.5 Å². The first kappa shape index (κ1) is 16.9. The number of likely N-dealkylation sites (tertiary alicyclic amines) is 2. The number of piperidine rings is 2. The monoisotopic (exact) mass is 321 g/mol. The molecule has 0 amide bonds. The maximum atomic E-state index is 9.63. The minimum absolute atomic E-state index is 0.120. The summed E-state index contributed by atoms with van der Waals surface area (Å²) in [5, 5.41) is 18.6. The summed E-state index contributed by atoms with van der Waals surface area (Å²) < 4.78 is 2.21. The molecule has 0 saturated carbocycles. The van der Waals surface area contributed by atoms with Gasteiger partial charge in [0.2, 0.25) is 0 Å². The highest BCUT2D eigenvalue weighted by Gasteiger charge is 2.27. The van der Waals surface area contributed by atoms with Gasteiger partial charge in [-0.25, -0.2) is 0 Å². The summed E-state index contributed by atoms with van der Waals surface area (Å²) in [4.78, 5) is 4.93. The summed E-state index contributed by atoms with van der Waals surface area (Å²) in [5.74, 6) is 2.70. The van der Waals surface area contributed by atoms with Crippen molar-refractivity contribution in [3.63, 3.8) is 0 Å². The number of aliphatic hydroxyl groups is 1. The van der Waals surface area contributed by atoms with Crippen molar-refractivity contribution in [3.05, 3.63) is 11.6 Å². The molecule has 0 unspecified atom stereocenters. The minimum atomic E-state index is -0.120. The Kier molecular flexibility index (Phi) is 5.34. The van der Waals surface area contributed by atoms with Gasteiger partial charge in [-0.05, 0) is 46.1 Å². The molecule has 6 nitrogen and oxygen atoms in total. The van der Waals surface area contributed by atoms with Crippen LogP contribution in [0.2, 0.25) is 0 Å². The molecule has 6 heteroatoms. The van der Waals surface area contributed by atoms with Crippen molar-refractivity contribution in [2.45, 2.75) is 64.1 Å². The molecular weight excluding hydrogens is 290 g/mol. The summed E-state index contributed by atoms with van der Waals surface area (Å²) in [6.07, 6.45) is 4.08. The van der Waals surface area contributed by atoms with Crippen LogP contribution in [0, 0.1) is 0 Å². The van der Waals surface area contributed by atoms with E-state index in [1.54, 1.807) is 0 Å². The average Bonchev–Trinajstić information content (AvgIpc) is 2.91. The topological polar surface area (TPSA) is 57.4 Å². The summed E-state index contributed by atoms with van der Waals surface area (Å²) in [5.41, 5.74) is 0. The van der Waals surface area contributed by atoms with Crippen LogP contribution in [0.15, 0.2) is 0 Å². The number of aromatic nitrogens is 3. The van der Waals surface area contributed by atoms with Gasteiger partial charge in [0.15, 0.2) is 0 Å². The van der Waals surface area contributed by atoms with Gasteiger partial charge in [-0.1, -0.05) is 0 Å². The van der Waals surface area contributed by atoms with Gasteiger partial charge < -0.3 is 14.6 Å². The molecule has 3 heterocycles. The fourth-order valence-electron chi connectivity index (χ4n) is 3.83. The molecule has 2 aliphatic rings. The van der Waals surface area contributed by atoms with Crippen LogP contribution in [0.1, 0.15) is 57.1 Å². The van der Waals surface area contributed by atoms with Gasteiger partial charge in [-0.3, -0.25) is 4.90 Å². The SMILES string of the molecule is CC(C)N1CCC[C@@H](c2nnc(CN3CCC(O)CC3)n2C)C1. The van der Waals surface area contributed by atoms with Crippen LogP contribution in [0.25, 0.3) is 0 Å². The van der Waals surface area contributed by atoms with Crippen molar-refractivity contribution < 1.29 is 5.11 Å². The van der Waals surface area contributed by atoms with E-state index < -0.39 is 0 Å². The van der Waals surface area contributed by atoms with Crippen molar-refractivity contribution in [2.24, 2.45) is 7.05 Å². The number of nitrogens with zero attached hydrogens (tertiary/aromatic N) is 5. The van der Waals surface area contributed by atoms with Crippen molar-refractivity contribution in [3.8, 4) is 0 Å². The second-order valence-electron chi connectivity index (χ2n) is 7.47. The quantitative estimate of drug-likeness (QED) is 0.907. The molecule has 0 aliphatic carbocycles. The van der Waals surface area contributed by atoms with Crippen LogP contribution in [-0.2, 0) is 13.6 Å². The smallest absolute Gasteiger partial charge is 0.146 e. The van der Waals surface area contributed by atoms with Crippen molar-refractivity contribution in [1.29, 1.82) is 0 Å². The molecule has 1 atom stereocenters. The zero-order chi connectivity index (χ0) is 16.4. The van der Waals surface area contributed by atoms with Gasteiger partial charge in [0.25, 0.3) is 0 Å². The molecule has 0 radical (unpaired) electrons. The first-order valence-electron chi connectivity index (χ1n) is 9.07. The molecule has 130 valence electrons. The van der Waals surface area contributed by atoms with Gasteiger partial charge in [0.05, 0.1) is 12.6 Å². The van der Waals surface area contributed by atoms with Crippen LogP contribution >= 0.6 is 0 Å². The van der Waals surface area contributed by atoms with E-state index in [0.29, 0.717) is 12.0 Å². The molecule has 1 N–H and O–H groups in total. The second kappa shape index (κ2) is 7.28. The predicted octanol–water partition coefficient (Wildman–Crippen LogP) is 1.36. The number of hydrogen-bond donors (Lipinski definition) is 1. The molecule has 1 aromatic heterocycles. The lowest BCUT2D eigenvalue weighted by atomic mass is 9.96. The minimum Gasteiger partial charge on any atom is -0.393 e. The highest BCUT2D eigenvalue weighted by molar-refractivity contribution is 5.04. The largest absolute Gasteiger partial charge is 0.393 e. The number of rotatable bonds is 4. The van der Waals surface area contributed by atoms with E-state index in [1.807, 2.05) is 0 Å². The van der Waals surface area contributed by atoms with Crippen LogP contribution in [0.5, 0.6) is 0 Å². The molecule has 0 spiro atoms. The predicted molar refractivity (Wildman–Crippen MR) is 90.2 cm³/mol. The van der Waals surface area contributed by atoms with E-state index in [-0.39, 0.29) is 6.10 Å². The molecule has 2 saturated heterocycles. The lowest BCUT2D eigenvalue weighted by Gasteiger charge is -2.35. The van der Waals surface area contributed by atoms with Gasteiger partial charge in [0, 0.05) is 38.6 Å². The Labute approximate surface area is 139 Å². The molecule has 23 heavy (non-hydrogen) atoms. The van der Waals surface area contributed by atoms with Crippen molar-refractivity contribution in [2.75, 3.05) is 26.2 Å². The first-order valence-corrected chi connectivity index (χ1v) is 9.07. The Hall–Kier alpha value is -0.980. The van der Waals surface area contributed by atoms with E-state index in [4.69, 9.17) is 0 Å². The Bertz CT molecular complexity index is 507. The Morgan fingerprint density at radius 2 is 1.87 bits per heavy atom. The Morgan fingerprint density at radius 1 is 1.13 bits per heavy atom. The van der Waals surface area contributed by atoms with E-state index in [9.17, 15) is 5.11 Å². The van der Waals surface area contributed by atoms with Crippen molar-refractivity contribution in [1.82, 2.24) is 24.6 Å². The van der Waals surface area contributed by atoms with Crippen LogP contribution in [0.4, 0.5) is 0 Å². The third-order valence-electron chi connectivity index (χ3n) is 5.47. The lowest BCUT2D eigenvalue weighted by molar-refractivity contribution is 0.0775. The van der Waals surface area contributed by atoms with Crippen molar-refractivity contribution >= 4 is 0 Å². The van der Waals surface area contributed by atoms with Gasteiger partial charge in [-0.2, -0.15) is 0 Å². The van der Waals surface area contributed by atoms with Crippen LogP contribution in [-0.4, -0.2) is 68.0 Å². The van der Waals surface area contributed by atoms with E-state index in [1.165, 1.54) is 19.4 Å². The normalized spacial score (nSPS) is 25.3. The zero-order valence-electron chi connectivity index (χ0n) is 14.8. The lowest BCUT2D eigenvalue weighted by Crippen LogP contribution is -2.39. The fourth-order valence-corrected chi connectivity index (χ4v) is 3.83. The summed E-state index contributed by atoms with van der Waals surface area (Å²) in [6.45, 7) is 9.59. The van der Waals surface area contributed by atoms with E-state index in [0.717, 1.165) is 50.7 Å². The summed E-state index contributed by atoms with van der Waals surface area (Å²) in [7, 11) is 2.11. The molecule has 1 aromatic rings. The van der Waals surface area contributed by atoms with E-state index >= 15 is 0 Å². The van der Waals surface area contributed by atoms with Gasteiger partial charge in [-0.15, -0.1) is 10.2 Å². The second-order valence-corrected chi connectivity index (χ2v) is 7.47. The highest BCUT2D eigenvalue weighted by Crippen LogP contribution is 2.27. The third kappa shape index (κ3) is 3.92. The Balaban J connectivity index is 1.64. The standard InChI is InChI=1S/C17H31N5O/c1-13(2)22-8-4-5-14(11-22)17-19-18-16(20(17)3)12-21-9-6-15(23)7-10-21/h13-15,23H,4-12H2,1-3H3/t14-/m1/s1. The fraction of sp³-hybridized carbons (Fsp3) is 0.882. The number of aliphatic hydroxyl groups excluding tert-OH is 1. The molecule has 0 aromatic carbocycles. The summed E-state index contributed by atoms with van der Waals surface area (Å²) >= 11 is 0. The maximum Gasteiger partial charge on any atom is 0.146 e. The average molecular weight is 321 g/mol. The molecule has 0 bridgehead atoms.